The van der Waals surface area contributed by atoms with Gasteiger partial charge in [0.15, 0.2) is 0 Å². The quantitative estimate of drug-likeness (QED) is 0.772. The lowest BCUT2D eigenvalue weighted by atomic mass is 9.88. The van der Waals surface area contributed by atoms with Crippen molar-refractivity contribution in [3.8, 4) is 17.2 Å². The summed E-state index contributed by atoms with van der Waals surface area (Å²) in [5.41, 5.74) is 4.63. The molecule has 3 rings (SSSR count). The number of nitriles is 1. The largest absolute Gasteiger partial charge is 0.386 e. The van der Waals surface area contributed by atoms with Gasteiger partial charge in [0.05, 0.1) is 29.1 Å². The van der Waals surface area contributed by atoms with Crippen LogP contribution >= 0.6 is 0 Å². The fourth-order valence-electron chi connectivity index (χ4n) is 2.87. The molecule has 0 spiro atoms. The number of imidazole rings is 1. The number of aryl methyl sites for hydroxylation is 1. The van der Waals surface area contributed by atoms with Crippen LogP contribution in [-0.2, 0) is 12.0 Å². The average molecular weight is 305 g/mol. The monoisotopic (exact) mass is 305 g/mol. The molecule has 0 bridgehead atoms. The first-order valence-corrected chi connectivity index (χ1v) is 7.58. The van der Waals surface area contributed by atoms with Crippen LogP contribution in [0.2, 0.25) is 0 Å². The van der Waals surface area contributed by atoms with Gasteiger partial charge in [-0.15, -0.1) is 0 Å². The second-order valence-electron chi connectivity index (χ2n) is 6.33. The van der Waals surface area contributed by atoms with Crippen molar-refractivity contribution in [3.05, 3.63) is 53.3 Å². The second-order valence-corrected chi connectivity index (χ2v) is 6.33. The topological polar surface area (TPSA) is 72.7 Å². The zero-order valence-electron chi connectivity index (χ0n) is 13.5. The van der Waals surface area contributed by atoms with Gasteiger partial charge in [-0.3, -0.25) is 0 Å². The molecule has 0 aliphatic heterocycles. The van der Waals surface area contributed by atoms with Crippen molar-refractivity contribution in [2.75, 3.05) is 0 Å². The molecule has 2 aromatic carbocycles. The number of hydrogen-bond donors (Lipinski definition) is 2. The van der Waals surface area contributed by atoms with Crippen molar-refractivity contribution in [1.29, 1.82) is 5.26 Å². The summed E-state index contributed by atoms with van der Waals surface area (Å²) in [6.07, 6.45) is 0.350. The summed E-state index contributed by atoms with van der Waals surface area (Å²) in [5.74, 6) is 0.873. The molecule has 116 valence electrons. The molecule has 0 aliphatic carbocycles. The van der Waals surface area contributed by atoms with Crippen molar-refractivity contribution in [2.24, 2.45) is 0 Å². The highest BCUT2D eigenvalue weighted by Gasteiger charge is 2.21. The summed E-state index contributed by atoms with van der Waals surface area (Å²) in [4.78, 5) is 7.69. The Morgan fingerprint density at radius 2 is 2.00 bits per heavy atom. The Balaban J connectivity index is 2.21. The number of hydrogen-bond acceptors (Lipinski definition) is 3. The van der Waals surface area contributed by atoms with E-state index >= 15 is 0 Å². The van der Waals surface area contributed by atoms with Gasteiger partial charge in [-0.25, -0.2) is 4.98 Å². The number of H-pyrrole nitrogens is 1. The van der Waals surface area contributed by atoms with Crippen LogP contribution in [0.25, 0.3) is 22.2 Å². The third kappa shape index (κ3) is 2.96. The highest BCUT2D eigenvalue weighted by atomic mass is 16.3. The van der Waals surface area contributed by atoms with Gasteiger partial charge in [0, 0.05) is 0 Å². The van der Waals surface area contributed by atoms with Gasteiger partial charge in [0.25, 0.3) is 0 Å². The van der Waals surface area contributed by atoms with Crippen LogP contribution in [0.3, 0.4) is 0 Å². The maximum absolute atomic E-state index is 10.5. The molecule has 3 aromatic rings. The number of benzene rings is 2. The number of nitrogens with one attached hydrogen (secondary N) is 1. The average Bonchev–Trinajstić information content (AvgIpc) is 2.85. The van der Waals surface area contributed by atoms with E-state index in [0.717, 1.165) is 39.1 Å². The van der Waals surface area contributed by atoms with Gasteiger partial charge in [0.1, 0.15) is 5.82 Å². The van der Waals surface area contributed by atoms with E-state index in [1.807, 2.05) is 43.3 Å². The third-order valence-corrected chi connectivity index (χ3v) is 3.94. The molecule has 23 heavy (non-hydrogen) atoms. The molecule has 0 unspecified atom stereocenters. The van der Waals surface area contributed by atoms with E-state index in [1.165, 1.54) is 0 Å². The molecular weight excluding hydrogens is 286 g/mol. The third-order valence-electron chi connectivity index (χ3n) is 3.94. The number of aromatic amines is 1. The van der Waals surface area contributed by atoms with E-state index in [-0.39, 0.29) is 0 Å². The molecule has 0 atom stereocenters. The summed E-state index contributed by atoms with van der Waals surface area (Å²) in [6.45, 7) is 5.47. The minimum absolute atomic E-state index is 0.350. The van der Waals surface area contributed by atoms with Crippen LogP contribution < -0.4 is 0 Å². The Hall–Kier alpha value is -2.64. The molecule has 0 saturated carbocycles. The van der Waals surface area contributed by atoms with Gasteiger partial charge < -0.3 is 10.1 Å². The van der Waals surface area contributed by atoms with Crippen molar-refractivity contribution in [2.45, 2.75) is 32.8 Å². The Labute approximate surface area is 135 Å². The first kappa shape index (κ1) is 15.3. The van der Waals surface area contributed by atoms with E-state index in [2.05, 4.69) is 16.0 Å². The highest BCUT2D eigenvalue weighted by molar-refractivity contribution is 5.83. The fourth-order valence-corrected chi connectivity index (χ4v) is 2.87. The minimum atomic E-state index is -0.961. The van der Waals surface area contributed by atoms with Crippen LogP contribution in [0.5, 0.6) is 0 Å². The minimum Gasteiger partial charge on any atom is -0.386 e. The lowest BCUT2D eigenvalue weighted by Crippen LogP contribution is -2.17. The molecule has 0 saturated heterocycles. The Kier molecular flexibility index (Phi) is 3.67. The smallest absolute Gasteiger partial charge is 0.104 e. The van der Waals surface area contributed by atoms with Crippen LogP contribution in [0.1, 0.15) is 30.8 Å². The zero-order valence-corrected chi connectivity index (χ0v) is 13.5. The van der Waals surface area contributed by atoms with Gasteiger partial charge in [-0.2, -0.15) is 5.26 Å². The summed E-state index contributed by atoms with van der Waals surface area (Å²) >= 11 is 0. The Bertz CT molecular complexity index is 910. The normalized spacial score (nSPS) is 11.6. The van der Waals surface area contributed by atoms with E-state index in [9.17, 15) is 5.11 Å². The van der Waals surface area contributed by atoms with Crippen molar-refractivity contribution >= 4 is 11.0 Å². The molecule has 4 nitrogen and oxygen atoms in total. The number of aliphatic hydroxyl groups is 1. The molecule has 4 heteroatoms. The van der Waals surface area contributed by atoms with Crippen LogP contribution in [0, 0.1) is 18.3 Å². The van der Waals surface area contributed by atoms with E-state index in [0.29, 0.717) is 6.42 Å². The zero-order chi connectivity index (χ0) is 16.6. The van der Waals surface area contributed by atoms with E-state index in [1.54, 1.807) is 13.8 Å². The van der Waals surface area contributed by atoms with Crippen LogP contribution in [0.4, 0.5) is 0 Å². The van der Waals surface area contributed by atoms with Crippen molar-refractivity contribution in [1.82, 2.24) is 9.97 Å². The first-order valence-electron chi connectivity index (χ1n) is 7.58. The molecule has 0 aliphatic rings. The molecule has 1 heterocycles. The number of fused-ring (bicyclic) bond motifs is 1. The Morgan fingerprint density at radius 1 is 1.22 bits per heavy atom. The first-order chi connectivity index (χ1) is 10.9. The molecule has 0 radical (unpaired) electrons. The number of nitrogens with zero attached hydrogens (tertiary/aromatic N) is 2. The maximum Gasteiger partial charge on any atom is 0.104 e. The lowest BCUT2D eigenvalue weighted by Gasteiger charge is -2.22. The van der Waals surface area contributed by atoms with Crippen LogP contribution in [0.15, 0.2) is 36.4 Å². The maximum atomic E-state index is 10.5. The summed E-state index contributed by atoms with van der Waals surface area (Å²) in [6, 6.07) is 14.0. The lowest BCUT2D eigenvalue weighted by molar-refractivity contribution is 0.0792. The van der Waals surface area contributed by atoms with Gasteiger partial charge in [-0.05, 0) is 61.2 Å². The predicted molar refractivity (Wildman–Crippen MR) is 90.8 cm³/mol. The van der Waals surface area contributed by atoms with Crippen molar-refractivity contribution in [3.63, 3.8) is 0 Å². The van der Waals surface area contributed by atoms with Crippen LogP contribution in [-0.4, -0.2) is 15.1 Å². The van der Waals surface area contributed by atoms with Gasteiger partial charge in [0.2, 0.25) is 0 Å². The molecule has 2 N–H and O–H groups in total. The summed E-state index contributed by atoms with van der Waals surface area (Å²) < 4.78 is 0. The molecule has 0 fully saturated rings. The SMILES string of the molecule is Cc1nc2cc(-c3cc(CC#N)ccc3C(C)(C)O)ccc2[nH]1. The van der Waals surface area contributed by atoms with Gasteiger partial charge in [-0.1, -0.05) is 18.2 Å². The standard InChI is InChI=1S/C19H19N3O/c1-12-21-17-7-5-14(11-18(17)22-12)15-10-13(8-9-20)4-6-16(15)19(2,3)23/h4-7,10-11,23H,8H2,1-3H3,(H,21,22). The predicted octanol–water partition coefficient (Wildman–Crippen LogP) is 3.83. The summed E-state index contributed by atoms with van der Waals surface area (Å²) in [5, 5.41) is 19.4. The molecular formula is C19H19N3O. The highest BCUT2D eigenvalue weighted by Crippen LogP contribution is 2.33. The number of aromatic nitrogens is 2. The fraction of sp³-hybridized carbons (Fsp3) is 0.263. The second kappa shape index (κ2) is 5.53. The van der Waals surface area contributed by atoms with Crippen molar-refractivity contribution < 1.29 is 5.11 Å². The van der Waals surface area contributed by atoms with Gasteiger partial charge >= 0.3 is 0 Å². The van der Waals surface area contributed by atoms with E-state index in [4.69, 9.17) is 5.26 Å². The summed E-state index contributed by atoms with van der Waals surface area (Å²) in [7, 11) is 0. The molecule has 0 amide bonds. The Morgan fingerprint density at radius 3 is 2.70 bits per heavy atom. The molecule has 1 aromatic heterocycles. The number of rotatable bonds is 3. The van der Waals surface area contributed by atoms with E-state index < -0.39 is 5.60 Å².